The lowest BCUT2D eigenvalue weighted by Crippen LogP contribution is -2.22. The van der Waals surface area contributed by atoms with Crippen molar-refractivity contribution in [2.75, 3.05) is 7.11 Å². The summed E-state index contributed by atoms with van der Waals surface area (Å²) in [5.74, 6) is -0.172. The highest BCUT2D eigenvalue weighted by Gasteiger charge is 2.33. The van der Waals surface area contributed by atoms with E-state index in [-0.39, 0.29) is 40.6 Å². The average molecular weight is 298 g/mol. The zero-order valence-corrected chi connectivity index (χ0v) is 11.9. The van der Waals surface area contributed by atoms with Crippen molar-refractivity contribution in [3.8, 4) is 17.2 Å². The quantitative estimate of drug-likeness (QED) is 0.882. The minimum Gasteiger partial charge on any atom is -0.507 e. The molecule has 1 aliphatic heterocycles. The molecule has 0 aromatic heterocycles. The summed E-state index contributed by atoms with van der Waals surface area (Å²) in [5.41, 5.74) is 1.00. The molecule has 0 bridgehead atoms. The molecule has 1 aliphatic rings. The molecule has 0 spiro atoms. The Kier molecular flexibility index (Phi) is 3.55. The number of Topliss-reactive ketones (excluding diaryl/α,β-unsaturated/α-hetero) is 1. The molecule has 0 unspecified atom stereocenters. The number of rotatable bonds is 3. The molecule has 1 heterocycles. The summed E-state index contributed by atoms with van der Waals surface area (Å²) >= 11 is 0. The maximum atomic E-state index is 12.5. The van der Waals surface area contributed by atoms with Gasteiger partial charge in [0.1, 0.15) is 28.9 Å². The number of hydrogen-bond donors (Lipinski definition) is 1. The standard InChI is InChI=1S/C17H14O5/c1-21-15-7-12(19)11(9-18)17-16(15)13(20)8-14(22-17)10-5-3-2-4-6-10/h2-7,9,14,19H,8H2,1H3/t14-/m0/s1. The first kappa shape index (κ1) is 14.1. The number of methoxy groups -OCH3 is 1. The third kappa shape index (κ3) is 2.20. The number of aromatic hydroxyl groups is 1. The minimum atomic E-state index is -0.494. The lowest BCUT2D eigenvalue weighted by Gasteiger charge is -2.27. The first-order chi connectivity index (χ1) is 10.7. The fraction of sp³-hybridized carbons (Fsp3) is 0.176. The van der Waals surface area contributed by atoms with E-state index < -0.39 is 6.10 Å². The smallest absolute Gasteiger partial charge is 0.174 e. The average Bonchev–Trinajstić information content (AvgIpc) is 2.54. The topological polar surface area (TPSA) is 72.8 Å². The molecular weight excluding hydrogens is 284 g/mol. The highest BCUT2D eigenvalue weighted by atomic mass is 16.5. The van der Waals surface area contributed by atoms with Crippen molar-refractivity contribution in [2.24, 2.45) is 0 Å². The van der Waals surface area contributed by atoms with E-state index in [2.05, 4.69) is 0 Å². The lowest BCUT2D eigenvalue weighted by molar-refractivity contribution is 0.0841. The Balaban J connectivity index is 2.14. The molecular formula is C17H14O5. The molecule has 0 aliphatic carbocycles. The second-order valence-corrected chi connectivity index (χ2v) is 4.98. The number of fused-ring (bicyclic) bond motifs is 1. The van der Waals surface area contributed by atoms with Gasteiger partial charge in [-0.15, -0.1) is 0 Å². The molecule has 5 nitrogen and oxygen atoms in total. The van der Waals surface area contributed by atoms with Crippen molar-refractivity contribution in [3.63, 3.8) is 0 Å². The number of ketones is 1. The predicted octanol–water partition coefficient (Wildman–Crippen LogP) is 2.92. The van der Waals surface area contributed by atoms with E-state index in [1.165, 1.54) is 13.2 Å². The summed E-state index contributed by atoms with van der Waals surface area (Å²) < 4.78 is 11.0. The van der Waals surface area contributed by atoms with Gasteiger partial charge in [-0.3, -0.25) is 9.59 Å². The number of carbonyl (C=O) groups excluding carboxylic acids is 2. The Hall–Kier alpha value is -2.82. The van der Waals surface area contributed by atoms with Crippen molar-refractivity contribution < 1.29 is 24.2 Å². The molecule has 1 atom stereocenters. The third-order valence-corrected chi connectivity index (χ3v) is 3.68. The van der Waals surface area contributed by atoms with Gasteiger partial charge >= 0.3 is 0 Å². The molecule has 0 radical (unpaired) electrons. The van der Waals surface area contributed by atoms with Gasteiger partial charge in [-0.2, -0.15) is 0 Å². The van der Waals surface area contributed by atoms with E-state index in [1.807, 2.05) is 30.3 Å². The number of hydrogen-bond acceptors (Lipinski definition) is 5. The summed E-state index contributed by atoms with van der Waals surface area (Å²) in [7, 11) is 1.40. The summed E-state index contributed by atoms with van der Waals surface area (Å²) in [4.78, 5) is 23.7. The first-order valence-corrected chi connectivity index (χ1v) is 6.79. The molecule has 2 aromatic carbocycles. The first-order valence-electron chi connectivity index (χ1n) is 6.79. The molecule has 22 heavy (non-hydrogen) atoms. The van der Waals surface area contributed by atoms with Crippen LogP contribution in [0.2, 0.25) is 0 Å². The second kappa shape index (κ2) is 5.52. The molecule has 0 saturated carbocycles. The van der Waals surface area contributed by atoms with Gasteiger partial charge in [0.05, 0.1) is 19.1 Å². The van der Waals surface area contributed by atoms with Gasteiger partial charge in [-0.1, -0.05) is 30.3 Å². The summed E-state index contributed by atoms with van der Waals surface area (Å²) in [6, 6.07) is 10.5. The molecule has 2 aromatic rings. The zero-order chi connectivity index (χ0) is 15.7. The van der Waals surface area contributed by atoms with Crippen molar-refractivity contribution in [1.29, 1.82) is 0 Å². The Morgan fingerprint density at radius 3 is 2.68 bits per heavy atom. The molecule has 1 N–H and O–H groups in total. The van der Waals surface area contributed by atoms with E-state index in [1.54, 1.807) is 0 Å². The van der Waals surface area contributed by atoms with E-state index in [0.29, 0.717) is 6.29 Å². The van der Waals surface area contributed by atoms with Crippen LogP contribution in [0.3, 0.4) is 0 Å². The summed E-state index contributed by atoms with van der Waals surface area (Å²) in [5, 5.41) is 9.92. The number of benzene rings is 2. The van der Waals surface area contributed by atoms with Crippen LogP contribution in [-0.2, 0) is 0 Å². The number of phenolic OH excluding ortho intramolecular Hbond substituents is 1. The normalized spacial score (nSPS) is 16.6. The predicted molar refractivity (Wildman–Crippen MR) is 78.8 cm³/mol. The van der Waals surface area contributed by atoms with Gasteiger partial charge in [0.2, 0.25) is 0 Å². The summed E-state index contributed by atoms with van der Waals surface area (Å²) in [6.07, 6.45) is 0.136. The maximum absolute atomic E-state index is 12.5. The van der Waals surface area contributed by atoms with Crippen LogP contribution in [0.1, 0.15) is 38.8 Å². The van der Waals surface area contributed by atoms with Crippen LogP contribution >= 0.6 is 0 Å². The largest absolute Gasteiger partial charge is 0.507 e. The van der Waals surface area contributed by atoms with Gasteiger partial charge in [0.15, 0.2) is 12.1 Å². The van der Waals surface area contributed by atoms with E-state index in [4.69, 9.17) is 9.47 Å². The number of aldehydes is 1. The molecule has 0 amide bonds. The van der Waals surface area contributed by atoms with Crippen LogP contribution in [0.5, 0.6) is 17.2 Å². The Morgan fingerprint density at radius 2 is 2.05 bits per heavy atom. The van der Waals surface area contributed by atoms with Crippen molar-refractivity contribution >= 4 is 12.1 Å². The second-order valence-electron chi connectivity index (χ2n) is 4.98. The Labute approximate surface area is 127 Å². The van der Waals surface area contributed by atoms with Gasteiger partial charge in [-0.25, -0.2) is 0 Å². The highest BCUT2D eigenvalue weighted by Crippen LogP contribution is 2.44. The monoisotopic (exact) mass is 298 g/mol. The molecule has 5 heteroatoms. The van der Waals surface area contributed by atoms with Crippen molar-refractivity contribution in [2.45, 2.75) is 12.5 Å². The highest BCUT2D eigenvalue weighted by molar-refractivity contribution is 6.05. The van der Waals surface area contributed by atoms with Crippen LogP contribution in [-0.4, -0.2) is 24.3 Å². The molecule has 112 valence electrons. The van der Waals surface area contributed by atoms with Crippen LogP contribution in [0, 0.1) is 0 Å². The van der Waals surface area contributed by atoms with Gasteiger partial charge in [-0.05, 0) is 5.56 Å². The van der Waals surface area contributed by atoms with E-state index in [9.17, 15) is 14.7 Å². The van der Waals surface area contributed by atoms with Gasteiger partial charge in [0, 0.05) is 6.07 Å². The molecule has 0 fully saturated rings. The third-order valence-electron chi connectivity index (χ3n) is 3.68. The van der Waals surface area contributed by atoms with E-state index >= 15 is 0 Å². The molecule has 0 saturated heterocycles. The van der Waals surface area contributed by atoms with Gasteiger partial charge < -0.3 is 14.6 Å². The minimum absolute atomic E-state index is 0.0372. The van der Waals surface area contributed by atoms with Crippen LogP contribution in [0.4, 0.5) is 0 Å². The number of ether oxygens (including phenoxy) is 2. The fourth-order valence-corrected chi connectivity index (χ4v) is 2.61. The Morgan fingerprint density at radius 1 is 1.32 bits per heavy atom. The lowest BCUT2D eigenvalue weighted by atomic mass is 9.93. The number of phenols is 1. The van der Waals surface area contributed by atoms with Crippen molar-refractivity contribution in [1.82, 2.24) is 0 Å². The maximum Gasteiger partial charge on any atom is 0.174 e. The Bertz CT molecular complexity index is 736. The van der Waals surface area contributed by atoms with Crippen LogP contribution in [0.15, 0.2) is 36.4 Å². The van der Waals surface area contributed by atoms with Crippen LogP contribution < -0.4 is 9.47 Å². The fourth-order valence-electron chi connectivity index (χ4n) is 2.61. The zero-order valence-electron chi connectivity index (χ0n) is 11.9. The number of carbonyl (C=O) groups is 2. The van der Waals surface area contributed by atoms with Crippen molar-refractivity contribution in [3.05, 3.63) is 53.1 Å². The molecule has 3 rings (SSSR count). The SMILES string of the molecule is COc1cc(O)c(C=O)c2c1C(=O)C[C@@H](c1ccccc1)O2. The van der Waals surface area contributed by atoms with Gasteiger partial charge in [0.25, 0.3) is 0 Å². The van der Waals surface area contributed by atoms with Crippen LogP contribution in [0.25, 0.3) is 0 Å². The summed E-state index contributed by atoms with van der Waals surface area (Å²) in [6.45, 7) is 0. The van der Waals surface area contributed by atoms with E-state index in [0.717, 1.165) is 5.56 Å².